The van der Waals surface area contributed by atoms with E-state index in [0.717, 1.165) is 41.9 Å². The molecule has 2 aromatic rings. The molecule has 0 spiro atoms. The maximum absolute atomic E-state index is 13.2. The van der Waals surface area contributed by atoms with Crippen LogP contribution in [0.2, 0.25) is 0 Å². The Hall–Kier alpha value is -1.55. The van der Waals surface area contributed by atoms with E-state index < -0.39 is 0 Å². The fraction of sp³-hybridized carbons (Fsp3) is 0.429. The molecule has 0 amide bonds. The van der Waals surface area contributed by atoms with Crippen LogP contribution in [-0.2, 0) is 6.42 Å². The number of halogens is 1. The monoisotopic (exact) mass is 245 g/mol. The maximum atomic E-state index is 13.2. The molecule has 18 heavy (non-hydrogen) atoms. The molecule has 2 heterocycles. The van der Waals surface area contributed by atoms with E-state index in [1.165, 1.54) is 18.6 Å². The molecule has 4 heteroatoms. The second-order valence-electron chi connectivity index (χ2n) is 4.95. The Morgan fingerprint density at radius 3 is 3.06 bits per heavy atom. The van der Waals surface area contributed by atoms with E-state index in [2.05, 4.69) is 15.3 Å². The number of hydrogen-bond donors (Lipinski definition) is 1. The van der Waals surface area contributed by atoms with Gasteiger partial charge in [-0.3, -0.25) is 0 Å². The molecule has 1 atom stereocenters. The van der Waals surface area contributed by atoms with Crippen LogP contribution in [0.4, 0.5) is 4.39 Å². The van der Waals surface area contributed by atoms with Gasteiger partial charge in [-0.25, -0.2) is 14.4 Å². The summed E-state index contributed by atoms with van der Waals surface area (Å²) in [7, 11) is 0. The highest BCUT2D eigenvalue weighted by atomic mass is 19.1. The molecule has 1 aliphatic heterocycles. The molecule has 1 N–H and O–H groups in total. The average molecular weight is 245 g/mol. The summed E-state index contributed by atoms with van der Waals surface area (Å²) in [5.41, 5.74) is 1.70. The smallest absolute Gasteiger partial charge is 0.129 e. The van der Waals surface area contributed by atoms with Gasteiger partial charge in [0.15, 0.2) is 0 Å². The third-order valence-corrected chi connectivity index (χ3v) is 3.53. The van der Waals surface area contributed by atoms with Crippen molar-refractivity contribution >= 4 is 10.9 Å². The van der Waals surface area contributed by atoms with Crippen molar-refractivity contribution in [3.05, 3.63) is 35.5 Å². The zero-order valence-corrected chi connectivity index (χ0v) is 10.4. The molecule has 1 saturated heterocycles. The van der Waals surface area contributed by atoms with Crippen LogP contribution < -0.4 is 5.32 Å². The minimum absolute atomic E-state index is 0.234. The first-order valence-corrected chi connectivity index (χ1v) is 6.36. The summed E-state index contributed by atoms with van der Waals surface area (Å²) in [6, 6.07) is 4.69. The summed E-state index contributed by atoms with van der Waals surface area (Å²) in [4.78, 5) is 9.04. The fourth-order valence-electron chi connectivity index (χ4n) is 2.55. The zero-order valence-electron chi connectivity index (χ0n) is 10.4. The lowest BCUT2D eigenvalue weighted by atomic mass is 10.0. The largest absolute Gasteiger partial charge is 0.316 e. The van der Waals surface area contributed by atoms with E-state index in [1.807, 2.05) is 6.92 Å². The Labute approximate surface area is 105 Å². The average Bonchev–Trinajstić information content (AvgIpc) is 2.83. The Balaban J connectivity index is 1.96. The first kappa shape index (κ1) is 11.5. The molecular weight excluding hydrogens is 229 g/mol. The highest BCUT2D eigenvalue weighted by molar-refractivity contribution is 5.80. The molecule has 3 nitrogen and oxygen atoms in total. The fourth-order valence-corrected chi connectivity index (χ4v) is 2.55. The van der Waals surface area contributed by atoms with E-state index in [-0.39, 0.29) is 5.82 Å². The van der Waals surface area contributed by atoms with Gasteiger partial charge in [-0.05, 0) is 50.6 Å². The first-order valence-electron chi connectivity index (χ1n) is 6.36. The van der Waals surface area contributed by atoms with Crippen molar-refractivity contribution in [2.24, 2.45) is 5.92 Å². The molecule has 1 aliphatic rings. The van der Waals surface area contributed by atoms with Crippen LogP contribution >= 0.6 is 0 Å². The number of aryl methyl sites for hydroxylation is 1. The van der Waals surface area contributed by atoms with Gasteiger partial charge in [0.1, 0.15) is 11.6 Å². The van der Waals surface area contributed by atoms with Crippen LogP contribution in [0.5, 0.6) is 0 Å². The molecule has 94 valence electrons. The van der Waals surface area contributed by atoms with Gasteiger partial charge in [-0.2, -0.15) is 0 Å². The normalized spacial score (nSPS) is 19.6. The van der Waals surface area contributed by atoms with Gasteiger partial charge in [0, 0.05) is 17.5 Å². The molecule has 0 bridgehead atoms. The van der Waals surface area contributed by atoms with Gasteiger partial charge in [0.25, 0.3) is 0 Å². The van der Waals surface area contributed by atoms with Crippen LogP contribution in [0.1, 0.15) is 17.9 Å². The SMILES string of the molecule is Cc1nc(CC2CCNC2)nc2ccc(F)cc12. The lowest BCUT2D eigenvalue weighted by Gasteiger charge is -2.09. The van der Waals surface area contributed by atoms with Crippen LogP contribution in [0.3, 0.4) is 0 Å². The van der Waals surface area contributed by atoms with Crippen molar-refractivity contribution in [2.75, 3.05) is 13.1 Å². The number of hydrogen-bond acceptors (Lipinski definition) is 3. The van der Waals surface area contributed by atoms with Gasteiger partial charge < -0.3 is 5.32 Å². The molecule has 1 unspecified atom stereocenters. The number of aromatic nitrogens is 2. The molecule has 0 saturated carbocycles. The highest BCUT2D eigenvalue weighted by Crippen LogP contribution is 2.19. The van der Waals surface area contributed by atoms with E-state index in [9.17, 15) is 4.39 Å². The van der Waals surface area contributed by atoms with Crippen molar-refractivity contribution in [2.45, 2.75) is 19.8 Å². The Morgan fingerprint density at radius 2 is 2.28 bits per heavy atom. The summed E-state index contributed by atoms with van der Waals surface area (Å²) in [5.74, 6) is 1.27. The predicted molar refractivity (Wildman–Crippen MR) is 68.9 cm³/mol. The minimum Gasteiger partial charge on any atom is -0.316 e. The maximum Gasteiger partial charge on any atom is 0.129 e. The van der Waals surface area contributed by atoms with Crippen molar-refractivity contribution in [1.29, 1.82) is 0 Å². The molecule has 1 aromatic carbocycles. The third kappa shape index (κ3) is 2.20. The highest BCUT2D eigenvalue weighted by Gasteiger charge is 2.17. The van der Waals surface area contributed by atoms with Gasteiger partial charge in [0.2, 0.25) is 0 Å². The van der Waals surface area contributed by atoms with Crippen molar-refractivity contribution in [3.63, 3.8) is 0 Å². The van der Waals surface area contributed by atoms with Crippen LogP contribution in [0.15, 0.2) is 18.2 Å². The second kappa shape index (κ2) is 4.61. The predicted octanol–water partition coefficient (Wildman–Crippen LogP) is 2.23. The Bertz CT molecular complexity index is 577. The van der Waals surface area contributed by atoms with Gasteiger partial charge in [-0.15, -0.1) is 0 Å². The Kier molecular flexibility index (Phi) is 2.96. The number of nitrogens with one attached hydrogen (secondary N) is 1. The molecule has 3 rings (SSSR count). The number of rotatable bonds is 2. The van der Waals surface area contributed by atoms with E-state index in [0.29, 0.717) is 5.92 Å². The topological polar surface area (TPSA) is 37.8 Å². The number of fused-ring (bicyclic) bond motifs is 1. The summed E-state index contributed by atoms with van der Waals surface area (Å²) in [5, 5.41) is 4.16. The van der Waals surface area contributed by atoms with Crippen LogP contribution in [-0.4, -0.2) is 23.1 Å². The quantitative estimate of drug-likeness (QED) is 0.881. The summed E-state index contributed by atoms with van der Waals surface area (Å²) < 4.78 is 13.2. The molecule has 0 aliphatic carbocycles. The number of nitrogens with zero attached hydrogens (tertiary/aromatic N) is 2. The van der Waals surface area contributed by atoms with Crippen molar-refractivity contribution in [3.8, 4) is 0 Å². The van der Waals surface area contributed by atoms with Gasteiger partial charge in [0.05, 0.1) is 5.52 Å². The third-order valence-electron chi connectivity index (χ3n) is 3.53. The van der Waals surface area contributed by atoms with Crippen molar-refractivity contribution < 1.29 is 4.39 Å². The van der Waals surface area contributed by atoms with Gasteiger partial charge >= 0.3 is 0 Å². The molecule has 1 fully saturated rings. The molecular formula is C14H16FN3. The second-order valence-corrected chi connectivity index (χ2v) is 4.95. The zero-order chi connectivity index (χ0) is 12.5. The Morgan fingerprint density at radius 1 is 1.39 bits per heavy atom. The van der Waals surface area contributed by atoms with E-state index >= 15 is 0 Å². The van der Waals surface area contributed by atoms with Gasteiger partial charge in [-0.1, -0.05) is 0 Å². The lowest BCUT2D eigenvalue weighted by molar-refractivity contribution is 0.562. The summed E-state index contributed by atoms with van der Waals surface area (Å²) in [6.07, 6.45) is 2.09. The standard InChI is InChI=1S/C14H16FN3/c1-9-12-7-11(15)2-3-13(12)18-14(17-9)6-10-4-5-16-8-10/h2-3,7,10,16H,4-6,8H2,1H3. The summed E-state index contributed by atoms with van der Waals surface area (Å²) in [6.45, 7) is 4.05. The summed E-state index contributed by atoms with van der Waals surface area (Å²) >= 11 is 0. The first-order chi connectivity index (χ1) is 8.72. The lowest BCUT2D eigenvalue weighted by Crippen LogP contribution is -2.12. The molecule has 0 radical (unpaired) electrons. The molecule has 1 aromatic heterocycles. The van der Waals surface area contributed by atoms with Crippen molar-refractivity contribution in [1.82, 2.24) is 15.3 Å². The minimum atomic E-state index is -0.234. The van der Waals surface area contributed by atoms with Crippen LogP contribution in [0.25, 0.3) is 10.9 Å². The van der Waals surface area contributed by atoms with E-state index in [1.54, 1.807) is 6.07 Å². The van der Waals surface area contributed by atoms with E-state index in [4.69, 9.17) is 0 Å². The van der Waals surface area contributed by atoms with Crippen LogP contribution in [0, 0.1) is 18.7 Å². The number of benzene rings is 1.